The summed E-state index contributed by atoms with van der Waals surface area (Å²) in [7, 11) is 4.04. The number of likely N-dealkylation sites (N-methyl/N-ethyl adjacent to an activating group) is 1. The van der Waals surface area contributed by atoms with E-state index in [0.29, 0.717) is 30.6 Å². The van der Waals surface area contributed by atoms with Crippen LogP contribution in [0.25, 0.3) is 0 Å². The first kappa shape index (κ1) is 26.9. The first-order chi connectivity index (χ1) is 17.7. The average molecular weight is 514 g/mol. The number of anilines is 1. The molecule has 1 amide bonds. The van der Waals surface area contributed by atoms with Gasteiger partial charge in [-0.3, -0.25) is 9.69 Å². The summed E-state index contributed by atoms with van der Waals surface area (Å²) in [6.45, 7) is 5.66. The van der Waals surface area contributed by atoms with E-state index in [1.165, 1.54) is 6.07 Å². The van der Waals surface area contributed by atoms with Gasteiger partial charge in [0, 0.05) is 50.3 Å². The molecule has 0 aliphatic heterocycles. The van der Waals surface area contributed by atoms with E-state index in [1.54, 1.807) is 12.5 Å². The Morgan fingerprint density at radius 2 is 2.11 bits per heavy atom. The molecule has 0 spiro atoms. The minimum Gasteiger partial charge on any atom is -0.337 e. The van der Waals surface area contributed by atoms with E-state index in [2.05, 4.69) is 39.5 Å². The Morgan fingerprint density at radius 1 is 1.30 bits per heavy atom. The third-order valence-electron chi connectivity index (χ3n) is 7.07. The molecule has 0 unspecified atom stereocenters. The summed E-state index contributed by atoms with van der Waals surface area (Å²) in [5.41, 5.74) is 1.26. The highest BCUT2D eigenvalue weighted by Gasteiger charge is 2.27. The maximum atomic E-state index is 14.3. The second kappa shape index (κ2) is 12.0. The minimum atomic E-state index is -0.542. The fraction of sp³-hybridized carbons (Fsp3) is 0.519. The predicted octanol–water partition coefficient (Wildman–Crippen LogP) is 3.84. The zero-order valence-corrected chi connectivity index (χ0v) is 22.0. The van der Waals surface area contributed by atoms with Crippen LogP contribution in [0.1, 0.15) is 56.1 Å². The second-order valence-corrected chi connectivity index (χ2v) is 10.2. The van der Waals surface area contributed by atoms with Crippen LogP contribution in [0.3, 0.4) is 0 Å². The van der Waals surface area contributed by atoms with Crippen LogP contribution in [0.2, 0.25) is 0 Å². The lowest BCUT2D eigenvalue weighted by Crippen LogP contribution is -2.48. The van der Waals surface area contributed by atoms with E-state index >= 15 is 0 Å². The van der Waals surface area contributed by atoms with Gasteiger partial charge in [0.15, 0.2) is 5.82 Å². The molecule has 1 aliphatic carbocycles. The van der Waals surface area contributed by atoms with Crippen molar-refractivity contribution in [1.29, 1.82) is 0 Å². The maximum Gasteiger partial charge on any atom is 0.242 e. The number of nitrogens with zero attached hydrogens (tertiary/aromatic N) is 5. The summed E-state index contributed by atoms with van der Waals surface area (Å²) >= 11 is 0. The molecule has 1 aromatic carbocycles. The molecule has 0 radical (unpaired) electrons. The van der Waals surface area contributed by atoms with Crippen LogP contribution >= 0.6 is 0 Å². The molecule has 2 N–H and O–H groups in total. The van der Waals surface area contributed by atoms with Gasteiger partial charge in [-0.2, -0.15) is 0 Å². The normalized spacial score (nSPS) is 17.0. The number of hydrogen-bond donors (Lipinski definition) is 2. The summed E-state index contributed by atoms with van der Waals surface area (Å²) in [5, 5.41) is 6.36. The van der Waals surface area contributed by atoms with Crippen molar-refractivity contribution in [2.45, 2.75) is 70.6 Å². The number of carbonyl (C=O) groups is 1. The number of benzene rings is 1. The van der Waals surface area contributed by atoms with Crippen molar-refractivity contribution < 1.29 is 13.6 Å². The molecule has 200 valence electrons. The minimum absolute atomic E-state index is 0.0541. The Kier molecular flexibility index (Phi) is 8.71. The summed E-state index contributed by atoms with van der Waals surface area (Å²) in [6.07, 6.45) is 10.5. The van der Waals surface area contributed by atoms with Crippen molar-refractivity contribution in [3.8, 4) is 0 Å². The molecule has 37 heavy (non-hydrogen) atoms. The summed E-state index contributed by atoms with van der Waals surface area (Å²) in [4.78, 5) is 24.1. The first-order valence-corrected chi connectivity index (χ1v) is 12.9. The Bertz CT molecular complexity index is 1210. The van der Waals surface area contributed by atoms with E-state index in [-0.39, 0.29) is 18.0 Å². The van der Waals surface area contributed by atoms with E-state index in [0.717, 1.165) is 43.4 Å². The Labute approximate surface area is 217 Å². The van der Waals surface area contributed by atoms with Gasteiger partial charge in [0.05, 0.1) is 18.9 Å². The Hall–Kier alpha value is -3.11. The van der Waals surface area contributed by atoms with Crippen LogP contribution in [-0.4, -0.2) is 55.6 Å². The quantitative estimate of drug-likeness (QED) is 0.407. The number of fused-ring (bicyclic) bond motifs is 1. The third-order valence-corrected chi connectivity index (χ3v) is 7.07. The smallest absolute Gasteiger partial charge is 0.242 e. The number of hydrogen-bond acceptors (Lipinski definition) is 5. The summed E-state index contributed by atoms with van der Waals surface area (Å²) < 4.78 is 31.9. The van der Waals surface area contributed by atoms with E-state index in [9.17, 15) is 13.6 Å². The first-order valence-electron chi connectivity index (χ1n) is 12.9. The molecule has 4 rings (SSSR count). The van der Waals surface area contributed by atoms with Crippen molar-refractivity contribution in [2.75, 3.05) is 18.9 Å². The van der Waals surface area contributed by atoms with E-state index in [1.807, 2.05) is 35.5 Å². The average Bonchev–Trinajstić information content (AvgIpc) is 3.48. The lowest BCUT2D eigenvalue weighted by Gasteiger charge is -2.29. The zero-order valence-electron chi connectivity index (χ0n) is 22.0. The molecule has 0 saturated carbocycles. The van der Waals surface area contributed by atoms with Gasteiger partial charge in [0.1, 0.15) is 17.5 Å². The predicted molar refractivity (Wildman–Crippen MR) is 139 cm³/mol. The molecule has 0 fully saturated rings. The summed E-state index contributed by atoms with van der Waals surface area (Å²) in [5.74, 6) is 0.292. The molecule has 3 aromatic rings. The molecule has 8 nitrogen and oxygen atoms in total. The lowest BCUT2D eigenvalue weighted by atomic mass is 9.87. The monoisotopic (exact) mass is 513 g/mol. The van der Waals surface area contributed by atoms with Crippen molar-refractivity contribution >= 4 is 11.7 Å². The number of aromatic nitrogens is 4. The van der Waals surface area contributed by atoms with E-state index < -0.39 is 17.7 Å². The lowest BCUT2D eigenvalue weighted by molar-refractivity contribution is -0.118. The Morgan fingerprint density at radius 3 is 2.84 bits per heavy atom. The SMILES string of the molecule is CCC[C@H](N[C@H]1CCc2cc(F)cc(F)c2C1)C(=O)Nc1cn([C@@H](C)CN(C)Cc2nccn2C)cn1. The number of imidazole rings is 2. The van der Waals surface area contributed by atoms with Gasteiger partial charge in [-0.25, -0.2) is 18.7 Å². The van der Waals surface area contributed by atoms with Crippen molar-refractivity contribution in [3.63, 3.8) is 0 Å². The van der Waals surface area contributed by atoms with Gasteiger partial charge < -0.3 is 19.8 Å². The van der Waals surface area contributed by atoms with Crippen LogP contribution < -0.4 is 10.6 Å². The van der Waals surface area contributed by atoms with Crippen LogP contribution in [-0.2, 0) is 31.2 Å². The number of amides is 1. The molecule has 1 aliphatic rings. The molecule has 0 saturated heterocycles. The van der Waals surface area contributed by atoms with Crippen LogP contribution in [0.4, 0.5) is 14.6 Å². The largest absolute Gasteiger partial charge is 0.337 e. The topological polar surface area (TPSA) is 80.0 Å². The van der Waals surface area contributed by atoms with Crippen LogP contribution in [0.15, 0.2) is 37.1 Å². The standard InChI is InChI=1S/C27H37F2N7O/c1-5-6-24(32-21-8-7-19-11-20(28)12-23(29)22(19)13-21)27(37)33-25-15-36(17-31-25)18(2)14-34(3)16-26-30-9-10-35(26)4/h9-12,15,17-18,21,24,32H,5-8,13-14,16H2,1-4H3,(H,33,37)/t18-,21-,24-/m0/s1. The van der Waals surface area contributed by atoms with Gasteiger partial charge in [0.25, 0.3) is 0 Å². The number of rotatable bonds is 11. The van der Waals surface area contributed by atoms with Crippen molar-refractivity contribution in [1.82, 2.24) is 29.3 Å². The number of halogens is 2. The van der Waals surface area contributed by atoms with Gasteiger partial charge in [0.2, 0.25) is 5.91 Å². The molecule has 2 aromatic heterocycles. The fourth-order valence-electron chi connectivity index (χ4n) is 5.05. The molecule has 3 atom stereocenters. The number of aryl methyl sites for hydroxylation is 2. The van der Waals surface area contributed by atoms with Gasteiger partial charge in [-0.1, -0.05) is 13.3 Å². The van der Waals surface area contributed by atoms with Crippen molar-refractivity contribution in [3.05, 3.63) is 65.6 Å². The van der Waals surface area contributed by atoms with Crippen LogP contribution in [0, 0.1) is 11.6 Å². The molecular formula is C27H37F2N7O. The number of carbonyl (C=O) groups excluding carboxylic acids is 1. The Balaban J connectivity index is 1.33. The fourth-order valence-corrected chi connectivity index (χ4v) is 5.05. The zero-order chi connectivity index (χ0) is 26.5. The molecule has 10 heteroatoms. The van der Waals surface area contributed by atoms with Gasteiger partial charge >= 0.3 is 0 Å². The number of nitrogens with one attached hydrogen (secondary N) is 2. The summed E-state index contributed by atoms with van der Waals surface area (Å²) in [6, 6.07) is 2.02. The van der Waals surface area contributed by atoms with Crippen LogP contribution in [0.5, 0.6) is 0 Å². The second-order valence-electron chi connectivity index (χ2n) is 10.2. The molecule has 0 bridgehead atoms. The highest BCUT2D eigenvalue weighted by molar-refractivity contribution is 5.94. The highest BCUT2D eigenvalue weighted by atomic mass is 19.1. The highest BCUT2D eigenvalue weighted by Crippen LogP contribution is 2.26. The molecule has 2 heterocycles. The maximum absolute atomic E-state index is 14.3. The van der Waals surface area contributed by atoms with Gasteiger partial charge in [-0.15, -0.1) is 0 Å². The van der Waals surface area contributed by atoms with Gasteiger partial charge in [-0.05, 0) is 56.8 Å². The van der Waals surface area contributed by atoms with Crippen molar-refractivity contribution in [2.24, 2.45) is 7.05 Å². The third kappa shape index (κ3) is 6.81. The van der Waals surface area contributed by atoms with E-state index in [4.69, 9.17) is 0 Å². The molecular weight excluding hydrogens is 476 g/mol.